The van der Waals surface area contributed by atoms with E-state index in [0.717, 1.165) is 28.8 Å². The predicted molar refractivity (Wildman–Crippen MR) is 267 cm³/mol. The third-order valence-corrected chi connectivity index (χ3v) is 12.8. The largest absolute Gasteiger partial charge is 0.335 e. The van der Waals surface area contributed by atoms with Crippen molar-refractivity contribution < 1.29 is 0 Å². The first-order valence-electron chi connectivity index (χ1n) is 22.4. The lowest BCUT2D eigenvalue weighted by atomic mass is 9.90. The SMILES string of the molecule is C=NC(=NC(=NCc1ccccc1)c1ccc(N2/C(=C/C=C\C)C/C(=C\C)c3cc4c5c(c6ccccc6n5-c5ccccc5)n(C5CCCCC5)c4cc32)cc1)c1ccccc1. The molecule has 1 aliphatic carbocycles. The first-order valence-corrected chi connectivity index (χ1v) is 22.4. The van der Waals surface area contributed by atoms with Gasteiger partial charge in [-0.25, -0.2) is 9.98 Å². The highest BCUT2D eigenvalue weighted by atomic mass is 15.2. The topological polar surface area (TPSA) is 50.2 Å². The van der Waals surface area contributed by atoms with E-state index < -0.39 is 0 Å². The third kappa shape index (κ3) is 7.46. The van der Waals surface area contributed by atoms with Gasteiger partial charge in [-0.3, -0.25) is 4.99 Å². The Balaban J connectivity index is 1.18. The van der Waals surface area contributed by atoms with Crippen LogP contribution in [0.1, 0.15) is 80.7 Å². The van der Waals surface area contributed by atoms with Crippen molar-refractivity contribution in [1.82, 2.24) is 9.13 Å². The Morgan fingerprint density at radius 2 is 1.35 bits per heavy atom. The quantitative estimate of drug-likeness (QED) is 0.111. The Morgan fingerprint density at radius 3 is 2.06 bits per heavy atom. The summed E-state index contributed by atoms with van der Waals surface area (Å²) in [6.45, 7) is 8.65. The number of rotatable bonds is 8. The molecule has 2 aliphatic rings. The summed E-state index contributed by atoms with van der Waals surface area (Å²) in [7, 11) is 0. The smallest absolute Gasteiger partial charge is 0.161 e. The maximum Gasteiger partial charge on any atom is 0.161 e. The lowest BCUT2D eigenvalue weighted by Gasteiger charge is -2.36. The van der Waals surface area contributed by atoms with Gasteiger partial charge in [-0.05, 0) is 105 Å². The van der Waals surface area contributed by atoms with Gasteiger partial charge < -0.3 is 14.0 Å². The van der Waals surface area contributed by atoms with E-state index in [0.29, 0.717) is 24.3 Å². The minimum atomic E-state index is 0.419. The number of anilines is 2. The number of hydrogen-bond acceptors (Lipinski definition) is 2. The van der Waals surface area contributed by atoms with E-state index in [-0.39, 0.29) is 0 Å². The Hall–Kier alpha value is -7.31. The maximum absolute atomic E-state index is 5.08. The van der Waals surface area contributed by atoms with Crippen molar-refractivity contribution in [3.05, 3.63) is 204 Å². The molecule has 6 nitrogen and oxygen atoms in total. The van der Waals surface area contributed by atoms with Crippen molar-refractivity contribution in [2.75, 3.05) is 4.90 Å². The zero-order chi connectivity index (χ0) is 42.7. The van der Waals surface area contributed by atoms with Crippen LogP contribution in [0.25, 0.3) is 44.1 Å². The third-order valence-electron chi connectivity index (χ3n) is 12.8. The molecule has 6 aromatic carbocycles. The van der Waals surface area contributed by atoms with Gasteiger partial charge in [0.15, 0.2) is 11.7 Å². The van der Waals surface area contributed by atoms with Gasteiger partial charge in [0.25, 0.3) is 0 Å². The highest BCUT2D eigenvalue weighted by Gasteiger charge is 2.31. The van der Waals surface area contributed by atoms with Crippen LogP contribution < -0.4 is 4.90 Å². The minimum absolute atomic E-state index is 0.419. The summed E-state index contributed by atoms with van der Waals surface area (Å²) >= 11 is 0. The highest BCUT2D eigenvalue weighted by Crippen LogP contribution is 2.50. The fraction of sp³-hybridized carbons (Fsp3) is 0.175. The summed E-state index contributed by atoms with van der Waals surface area (Å²) in [4.78, 5) is 17.0. The van der Waals surface area contributed by atoms with Crippen LogP contribution >= 0.6 is 0 Å². The molecule has 0 atom stereocenters. The Morgan fingerprint density at radius 1 is 0.667 bits per heavy atom. The van der Waals surface area contributed by atoms with Crippen LogP contribution in [0.4, 0.5) is 11.4 Å². The molecule has 0 saturated heterocycles. The average molecular weight is 821 g/mol. The molecule has 0 unspecified atom stereocenters. The summed E-state index contributed by atoms with van der Waals surface area (Å²) < 4.78 is 5.24. The van der Waals surface area contributed by atoms with E-state index >= 15 is 0 Å². The summed E-state index contributed by atoms with van der Waals surface area (Å²) in [5, 5.41) is 2.60. The molecule has 0 radical (unpaired) electrons. The monoisotopic (exact) mass is 820 g/mol. The molecule has 1 aliphatic heterocycles. The van der Waals surface area contributed by atoms with Gasteiger partial charge in [0.1, 0.15) is 0 Å². The van der Waals surface area contributed by atoms with Gasteiger partial charge in [0.2, 0.25) is 0 Å². The van der Waals surface area contributed by atoms with Crippen molar-refractivity contribution >= 4 is 68.2 Å². The van der Waals surface area contributed by atoms with Crippen LogP contribution in [0.2, 0.25) is 0 Å². The van der Waals surface area contributed by atoms with Gasteiger partial charge in [0, 0.05) is 57.0 Å². The highest BCUT2D eigenvalue weighted by molar-refractivity contribution is 6.20. The lowest BCUT2D eigenvalue weighted by molar-refractivity contribution is 0.368. The van der Waals surface area contributed by atoms with Crippen LogP contribution in [0.15, 0.2) is 197 Å². The number of amidine groups is 2. The van der Waals surface area contributed by atoms with Gasteiger partial charge in [-0.1, -0.05) is 135 Å². The number of benzene rings is 6. The molecule has 1 saturated carbocycles. The molecule has 3 heterocycles. The van der Waals surface area contributed by atoms with Gasteiger partial charge in [-0.2, -0.15) is 0 Å². The Labute approximate surface area is 370 Å². The Kier molecular flexibility index (Phi) is 11.1. The molecule has 10 rings (SSSR count). The number of para-hydroxylation sites is 2. The molecule has 0 bridgehead atoms. The fourth-order valence-electron chi connectivity index (χ4n) is 9.81. The molecule has 6 heteroatoms. The van der Waals surface area contributed by atoms with E-state index in [1.165, 1.54) is 93.2 Å². The number of hydrogen-bond donors (Lipinski definition) is 0. The van der Waals surface area contributed by atoms with Gasteiger partial charge in [-0.15, -0.1) is 0 Å². The van der Waals surface area contributed by atoms with Crippen LogP contribution in [0.5, 0.6) is 0 Å². The minimum Gasteiger partial charge on any atom is -0.335 e. The van der Waals surface area contributed by atoms with Crippen molar-refractivity contribution in [2.24, 2.45) is 15.0 Å². The summed E-state index contributed by atoms with van der Waals surface area (Å²) in [5.74, 6) is 1.15. The number of fused-ring (bicyclic) bond motifs is 6. The standard InChI is InChI=1S/C57H52N6/c1-4-6-25-47-36-41(5-2)49-37-50-53(63(45-28-17-10-18-29-45)54-48-30-19-20-31-51(48)62(55(50)54)44-26-15-9-16-27-44)38-52(49)61(47)46-34-32-43(33-35-46)57(59-39-40-21-11-7-12-22-40)60-56(58-3)42-23-13-8-14-24-42/h4-9,11-16,19-27,30-35,37-38,45H,3,10,17-18,28-29,36,39H2,1-2H3/b6-4-,41-5+,47-25+,59-57?,60-56?. The Bertz CT molecular complexity index is 3100. The van der Waals surface area contributed by atoms with E-state index in [4.69, 9.17) is 9.98 Å². The normalized spacial score (nSPS) is 16.6. The molecule has 8 aromatic rings. The molecule has 0 spiro atoms. The van der Waals surface area contributed by atoms with Crippen LogP contribution in [0.3, 0.4) is 0 Å². The molecule has 2 aromatic heterocycles. The van der Waals surface area contributed by atoms with Crippen molar-refractivity contribution in [2.45, 2.75) is 65.0 Å². The molecular formula is C57H52N6. The molecular weight excluding hydrogens is 769 g/mol. The zero-order valence-corrected chi connectivity index (χ0v) is 36.2. The van der Waals surface area contributed by atoms with E-state index in [1.807, 2.05) is 48.5 Å². The maximum atomic E-state index is 5.08. The van der Waals surface area contributed by atoms with Crippen LogP contribution in [0, 0.1) is 0 Å². The number of allylic oxidation sites excluding steroid dienone is 5. The number of aliphatic imine (C=N–C) groups is 3. The second-order valence-corrected chi connectivity index (χ2v) is 16.6. The lowest BCUT2D eigenvalue weighted by Crippen LogP contribution is -2.22. The summed E-state index contributed by atoms with van der Waals surface area (Å²) in [6, 6.07) is 54.4. The van der Waals surface area contributed by atoms with Crippen molar-refractivity contribution in [3.8, 4) is 5.69 Å². The second-order valence-electron chi connectivity index (χ2n) is 16.6. The fourth-order valence-corrected chi connectivity index (χ4v) is 9.81. The van der Waals surface area contributed by atoms with Crippen LogP contribution in [-0.2, 0) is 6.54 Å². The molecule has 0 amide bonds. The predicted octanol–water partition coefficient (Wildman–Crippen LogP) is 14.7. The first kappa shape index (κ1) is 39.8. The zero-order valence-electron chi connectivity index (χ0n) is 36.2. The van der Waals surface area contributed by atoms with E-state index in [9.17, 15) is 0 Å². The summed E-state index contributed by atoms with van der Waals surface area (Å²) in [5.41, 5.74) is 15.4. The second kappa shape index (κ2) is 17.6. The number of nitrogens with zero attached hydrogens (tertiary/aromatic N) is 6. The molecule has 63 heavy (non-hydrogen) atoms. The van der Waals surface area contributed by atoms with E-state index in [2.05, 4.69) is 167 Å². The van der Waals surface area contributed by atoms with Gasteiger partial charge in [0.05, 0.1) is 34.3 Å². The van der Waals surface area contributed by atoms with Crippen molar-refractivity contribution in [1.29, 1.82) is 0 Å². The van der Waals surface area contributed by atoms with Crippen molar-refractivity contribution in [3.63, 3.8) is 0 Å². The molecule has 0 N–H and O–H groups in total. The first-order chi connectivity index (χ1) is 31.1. The van der Waals surface area contributed by atoms with Crippen LogP contribution in [-0.4, -0.2) is 27.5 Å². The summed E-state index contributed by atoms with van der Waals surface area (Å²) in [6.07, 6.45) is 15.8. The van der Waals surface area contributed by atoms with E-state index in [1.54, 1.807) is 0 Å². The molecule has 310 valence electrons. The van der Waals surface area contributed by atoms with Gasteiger partial charge >= 0.3 is 0 Å². The number of aromatic nitrogens is 2. The average Bonchev–Trinajstić information content (AvgIpc) is 3.85. The molecule has 1 fully saturated rings.